The van der Waals surface area contributed by atoms with E-state index in [1.807, 2.05) is 0 Å². The normalized spacial score (nSPS) is 10.4. The van der Waals surface area contributed by atoms with Crippen LogP contribution in [0.25, 0.3) is 0 Å². The number of nitrogens with one attached hydrogen (secondary N) is 1. The number of hydrogen-bond acceptors (Lipinski definition) is 2. The van der Waals surface area contributed by atoms with Crippen molar-refractivity contribution in [2.45, 2.75) is 19.5 Å². The highest BCUT2D eigenvalue weighted by Gasteiger charge is 2.30. The smallest absolute Gasteiger partial charge is 0.416 e. The van der Waals surface area contributed by atoms with Crippen molar-refractivity contribution in [1.82, 2.24) is 5.32 Å². The molecular weight excluding hydrogens is 271 g/mol. The van der Waals surface area contributed by atoms with Gasteiger partial charge in [-0.05, 0) is 18.2 Å². The van der Waals surface area contributed by atoms with Crippen molar-refractivity contribution in [3.05, 3.63) is 29.8 Å². The minimum atomic E-state index is -4.39. The Hall–Kier alpha value is -2.16. The summed E-state index contributed by atoms with van der Waals surface area (Å²) in [6, 6.07) is 4.59. The zero-order valence-corrected chi connectivity index (χ0v) is 10.9. The highest BCUT2D eigenvalue weighted by Crippen LogP contribution is 2.31. The first-order chi connectivity index (χ1) is 9.43. The minimum Gasteiger partial charge on any atom is -0.481 e. The molecule has 0 saturated heterocycles. The van der Waals surface area contributed by atoms with E-state index < -0.39 is 11.7 Å². The third-order valence-corrected chi connectivity index (χ3v) is 2.29. The molecule has 3 nitrogen and oxygen atoms in total. The Bertz CT molecular complexity index is 515. The zero-order chi connectivity index (χ0) is 15.0. The third-order valence-electron chi connectivity index (χ3n) is 2.29. The minimum absolute atomic E-state index is 0.0384. The molecule has 0 saturated carbocycles. The van der Waals surface area contributed by atoms with E-state index in [0.717, 1.165) is 12.1 Å². The molecule has 1 aromatic rings. The number of carbonyl (C=O) groups excluding carboxylic acids is 1. The fourth-order valence-electron chi connectivity index (χ4n) is 1.26. The SMILES string of the molecule is CCC(=O)NCC#CCOc1cccc(C(F)(F)F)c1. The van der Waals surface area contributed by atoms with Gasteiger partial charge in [0.05, 0.1) is 12.1 Å². The van der Waals surface area contributed by atoms with Crippen LogP contribution in [0.1, 0.15) is 18.9 Å². The average Bonchev–Trinajstić information content (AvgIpc) is 2.41. The summed E-state index contributed by atoms with van der Waals surface area (Å²) in [5, 5.41) is 2.54. The summed E-state index contributed by atoms with van der Waals surface area (Å²) in [4.78, 5) is 10.9. The van der Waals surface area contributed by atoms with Gasteiger partial charge >= 0.3 is 6.18 Å². The number of benzene rings is 1. The van der Waals surface area contributed by atoms with E-state index in [-0.39, 0.29) is 24.8 Å². The van der Waals surface area contributed by atoms with E-state index in [0.29, 0.717) is 6.42 Å². The van der Waals surface area contributed by atoms with Crippen molar-refractivity contribution >= 4 is 5.91 Å². The highest BCUT2D eigenvalue weighted by molar-refractivity contribution is 5.75. The quantitative estimate of drug-likeness (QED) is 0.864. The van der Waals surface area contributed by atoms with Crippen LogP contribution in [-0.2, 0) is 11.0 Å². The lowest BCUT2D eigenvalue weighted by molar-refractivity contribution is -0.137. The monoisotopic (exact) mass is 285 g/mol. The molecule has 0 radical (unpaired) electrons. The van der Waals surface area contributed by atoms with Gasteiger partial charge in [-0.2, -0.15) is 13.2 Å². The second-order valence-electron chi connectivity index (χ2n) is 3.80. The maximum atomic E-state index is 12.4. The van der Waals surface area contributed by atoms with Gasteiger partial charge in [0, 0.05) is 6.42 Å². The summed E-state index contributed by atoms with van der Waals surface area (Å²) in [7, 11) is 0. The van der Waals surface area contributed by atoms with Gasteiger partial charge in [0.1, 0.15) is 12.4 Å². The summed E-state index contributed by atoms with van der Waals surface area (Å²) >= 11 is 0. The first-order valence-corrected chi connectivity index (χ1v) is 5.96. The van der Waals surface area contributed by atoms with E-state index in [9.17, 15) is 18.0 Å². The molecule has 6 heteroatoms. The van der Waals surface area contributed by atoms with Gasteiger partial charge in [0.2, 0.25) is 5.91 Å². The lowest BCUT2D eigenvalue weighted by Gasteiger charge is -2.08. The van der Waals surface area contributed by atoms with Gasteiger partial charge < -0.3 is 10.1 Å². The van der Waals surface area contributed by atoms with Crippen LogP contribution in [-0.4, -0.2) is 19.1 Å². The van der Waals surface area contributed by atoms with Crippen LogP contribution in [0.4, 0.5) is 13.2 Å². The van der Waals surface area contributed by atoms with Crippen molar-refractivity contribution < 1.29 is 22.7 Å². The van der Waals surface area contributed by atoms with E-state index in [1.54, 1.807) is 6.92 Å². The van der Waals surface area contributed by atoms with Crippen molar-refractivity contribution in [2.24, 2.45) is 0 Å². The number of alkyl halides is 3. The predicted molar refractivity (Wildman–Crippen MR) is 68.0 cm³/mol. The fourth-order valence-corrected chi connectivity index (χ4v) is 1.26. The summed E-state index contributed by atoms with van der Waals surface area (Å²) in [5.74, 6) is 5.23. The Morgan fingerprint density at radius 3 is 2.75 bits per heavy atom. The van der Waals surface area contributed by atoms with Crippen LogP contribution >= 0.6 is 0 Å². The second kappa shape index (κ2) is 7.43. The molecule has 0 aliphatic rings. The Labute approximate surface area is 115 Å². The van der Waals surface area contributed by atoms with Crippen molar-refractivity contribution in [3.8, 4) is 17.6 Å². The molecule has 20 heavy (non-hydrogen) atoms. The topological polar surface area (TPSA) is 38.3 Å². The fraction of sp³-hybridized carbons (Fsp3) is 0.357. The molecule has 0 aromatic heterocycles. The Morgan fingerprint density at radius 1 is 1.35 bits per heavy atom. The molecular formula is C14H14F3NO2. The summed E-state index contributed by atoms with van der Waals surface area (Å²) < 4.78 is 42.4. The average molecular weight is 285 g/mol. The first kappa shape index (κ1) is 15.9. The van der Waals surface area contributed by atoms with Crippen molar-refractivity contribution in [2.75, 3.05) is 13.2 Å². The molecule has 108 valence electrons. The van der Waals surface area contributed by atoms with E-state index in [4.69, 9.17) is 4.74 Å². The first-order valence-electron chi connectivity index (χ1n) is 5.96. The van der Waals surface area contributed by atoms with Crippen LogP contribution in [0.3, 0.4) is 0 Å². The molecule has 1 aromatic carbocycles. The number of halogens is 3. The zero-order valence-electron chi connectivity index (χ0n) is 10.9. The number of rotatable bonds is 4. The Morgan fingerprint density at radius 2 is 2.10 bits per heavy atom. The largest absolute Gasteiger partial charge is 0.481 e. The summed E-state index contributed by atoms with van der Waals surface area (Å²) in [6.07, 6.45) is -4.02. The molecule has 1 rings (SSSR count). The molecule has 0 aliphatic carbocycles. The van der Waals surface area contributed by atoms with Crippen LogP contribution in [0, 0.1) is 11.8 Å². The molecule has 0 unspecified atom stereocenters. The van der Waals surface area contributed by atoms with Crippen LogP contribution in [0.2, 0.25) is 0 Å². The van der Waals surface area contributed by atoms with Gasteiger partial charge in [-0.25, -0.2) is 0 Å². The van der Waals surface area contributed by atoms with E-state index in [1.165, 1.54) is 12.1 Å². The standard InChI is InChI=1S/C14H14F3NO2/c1-2-13(19)18-8-3-4-9-20-12-7-5-6-11(10-12)14(15,16)17/h5-7,10H,2,8-9H2,1H3,(H,18,19). The van der Waals surface area contributed by atoms with Gasteiger partial charge in [-0.3, -0.25) is 4.79 Å². The van der Waals surface area contributed by atoms with E-state index in [2.05, 4.69) is 17.2 Å². The van der Waals surface area contributed by atoms with Gasteiger partial charge in [-0.1, -0.05) is 24.8 Å². The molecule has 0 spiro atoms. The van der Waals surface area contributed by atoms with Gasteiger partial charge in [0.25, 0.3) is 0 Å². The summed E-state index contributed by atoms with van der Waals surface area (Å²) in [6.45, 7) is 1.88. The van der Waals surface area contributed by atoms with Crippen LogP contribution < -0.4 is 10.1 Å². The highest BCUT2D eigenvalue weighted by atomic mass is 19.4. The lowest BCUT2D eigenvalue weighted by atomic mass is 10.2. The molecule has 0 fully saturated rings. The number of carbonyl (C=O) groups is 1. The Kier molecular flexibility index (Phi) is 5.91. The van der Waals surface area contributed by atoms with Gasteiger partial charge in [0.15, 0.2) is 0 Å². The summed E-state index contributed by atoms with van der Waals surface area (Å²) in [5.41, 5.74) is -0.766. The molecule has 0 aliphatic heterocycles. The molecule has 1 amide bonds. The van der Waals surface area contributed by atoms with Gasteiger partial charge in [-0.15, -0.1) is 0 Å². The van der Waals surface area contributed by atoms with E-state index >= 15 is 0 Å². The molecule has 0 heterocycles. The van der Waals surface area contributed by atoms with Crippen LogP contribution in [0.5, 0.6) is 5.75 Å². The van der Waals surface area contributed by atoms with Crippen molar-refractivity contribution in [3.63, 3.8) is 0 Å². The van der Waals surface area contributed by atoms with Crippen LogP contribution in [0.15, 0.2) is 24.3 Å². The number of amides is 1. The molecule has 0 atom stereocenters. The van der Waals surface area contributed by atoms with Crippen molar-refractivity contribution in [1.29, 1.82) is 0 Å². The number of ether oxygens (including phenoxy) is 1. The molecule has 0 bridgehead atoms. The number of hydrogen-bond donors (Lipinski definition) is 1. The second-order valence-corrected chi connectivity index (χ2v) is 3.80. The lowest BCUT2D eigenvalue weighted by Crippen LogP contribution is -2.22. The third kappa shape index (κ3) is 5.65. The maximum Gasteiger partial charge on any atom is 0.416 e. The Balaban J connectivity index is 2.43. The maximum absolute atomic E-state index is 12.4. The molecule has 1 N–H and O–H groups in total. The predicted octanol–water partition coefficient (Wildman–Crippen LogP) is 2.61.